The molecule has 1 atom stereocenters. The van der Waals surface area contributed by atoms with E-state index in [9.17, 15) is 13.2 Å². The molecule has 122 valence electrons. The minimum Gasteiger partial charge on any atom is -0.468 e. The lowest BCUT2D eigenvalue weighted by Crippen LogP contribution is -2.42. The van der Waals surface area contributed by atoms with Gasteiger partial charge in [-0.25, -0.2) is 8.42 Å². The predicted molar refractivity (Wildman–Crippen MR) is 90.4 cm³/mol. The molecule has 1 N–H and O–H groups in total. The molecule has 1 unspecified atom stereocenters. The second kappa shape index (κ2) is 7.72. The largest absolute Gasteiger partial charge is 0.468 e. The highest BCUT2D eigenvalue weighted by Crippen LogP contribution is 2.16. The predicted octanol–water partition coefficient (Wildman–Crippen LogP) is 2.51. The topological polar surface area (TPSA) is 72.5 Å². The molecular formula is C16H16BrNO4S. The number of sulfonamides is 1. The summed E-state index contributed by atoms with van der Waals surface area (Å²) in [5.74, 6) is -0.630. The second-order valence-corrected chi connectivity index (χ2v) is 7.47. The molecule has 0 heterocycles. The van der Waals surface area contributed by atoms with Gasteiger partial charge in [0.05, 0.1) is 12.0 Å². The van der Waals surface area contributed by atoms with Crippen molar-refractivity contribution >= 4 is 31.9 Å². The fourth-order valence-corrected chi connectivity index (χ4v) is 3.48. The lowest BCUT2D eigenvalue weighted by Gasteiger charge is -2.17. The average molecular weight is 398 g/mol. The molecule has 0 aromatic heterocycles. The van der Waals surface area contributed by atoms with Gasteiger partial charge in [0, 0.05) is 4.47 Å². The Balaban J connectivity index is 2.23. The molecule has 0 saturated heterocycles. The van der Waals surface area contributed by atoms with Gasteiger partial charge in [0.1, 0.15) is 6.04 Å². The van der Waals surface area contributed by atoms with E-state index in [0.717, 1.165) is 10.0 Å². The molecular weight excluding hydrogens is 382 g/mol. The van der Waals surface area contributed by atoms with E-state index in [0.29, 0.717) is 0 Å². The van der Waals surface area contributed by atoms with Crippen LogP contribution in [-0.2, 0) is 26.0 Å². The van der Waals surface area contributed by atoms with Crippen LogP contribution in [0.15, 0.2) is 64.0 Å². The number of hydrogen-bond acceptors (Lipinski definition) is 4. The van der Waals surface area contributed by atoms with Crippen LogP contribution in [0.3, 0.4) is 0 Å². The highest BCUT2D eigenvalue weighted by Gasteiger charge is 2.26. The smallest absolute Gasteiger partial charge is 0.324 e. The van der Waals surface area contributed by atoms with Gasteiger partial charge in [0.25, 0.3) is 0 Å². The van der Waals surface area contributed by atoms with Crippen LogP contribution in [0.2, 0.25) is 0 Å². The number of esters is 1. The number of carbonyl (C=O) groups excluding carboxylic acids is 1. The molecule has 0 saturated carbocycles. The summed E-state index contributed by atoms with van der Waals surface area (Å²) in [4.78, 5) is 12.0. The molecule has 7 heteroatoms. The van der Waals surface area contributed by atoms with Gasteiger partial charge in [0.2, 0.25) is 10.0 Å². The summed E-state index contributed by atoms with van der Waals surface area (Å²) in [6.45, 7) is 0. The molecule has 0 spiro atoms. The number of hydrogen-bond donors (Lipinski definition) is 1. The summed E-state index contributed by atoms with van der Waals surface area (Å²) < 4.78 is 32.8. The third-order valence-corrected chi connectivity index (χ3v) is 5.21. The molecule has 2 aromatic carbocycles. The van der Waals surface area contributed by atoms with Crippen LogP contribution in [0.5, 0.6) is 0 Å². The van der Waals surface area contributed by atoms with Gasteiger partial charge in [-0.15, -0.1) is 0 Å². The van der Waals surface area contributed by atoms with Crippen molar-refractivity contribution in [2.45, 2.75) is 17.4 Å². The van der Waals surface area contributed by atoms with Gasteiger partial charge in [0.15, 0.2) is 0 Å². The van der Waals surface area contributed by atoms with E-state index in [4.69, 9.17) is 4.74 Å². The van der Waals surface area contributed by atoms with E-state index in [1.54, 1.807) is 12.1 Å². The number of nitrogens with one attached hydrogen (secondary N) is 1. The van der Waals surface area contributed by atoms with Gasteiger partial charge in [-0.3, -0.25) is 4.79 Å². The van der Waals surface area contributed by atoms with E-state index in [1.165, 1.54) is 19.2 Å². The molecule has 2 aromatic rings. The summed E-state index contributed by atoms with van der Waals surface area (Å²) in [5, 5.41) is 0. The van der Waals surface area contributed by atoms with Crippen LogP contribution >= 0.6 is 15.9 Å². The molecule has 5 nitrogen and oxygen atoms in total. The molecule has 23 heavy (non-hydrogen) atoms. The molecule has 0 fully saturated rings. The van der Waals surface area contributed by atoms with E-state index < -0.39 is 22.0 Å². The maximum Gasteiger partial charge on any atom is 0.324 e. The summed E-state index contributed by atoms with van der Waals surface area (Å²) >= 11 is 3.25. The van der Waals surface area contributed by atoms with Crippen molar-refractivity contribution < 1.29 is 17.9 Å². The third-order valence-electron chi connectivity index (χ3n) is 3.19. The first-order valence-corrected chi connectivity index (χ1v) is 9.09. The highest BCUT2D eigenvalue weighted by molar-refractivity contribution is 9.10. The lowest BCUT2D eigenvalue weighted by molar-refractivity contribution is -0.142. The zero-order chi connectivity index (χ0) is 16.9. The first kappa shape index (κ1) is 17.7. The Morgan fingerprint density at radius 1 is 1.13 bits per heavy atom. The van der Waals surface area contributed by atoms with Gasteiger partial charge >= 0.3 is 5.97 Å². The minimum absolute atomic E-state index is 0.0858. The standard InChI is InChI=1S/C16H16BrNO4S/c1-22-16(19)15(11-12-5-3-2-4-6-12)18-23(20,21)14-9-7-13(17)8-10-14/h2-10,15,18H,11H2,1H3. The zero-order valence-electron chi connectivity index (χ0n) is 12.4. The summed E-state index contributed by atoms with van der Waals surface area (Å²) in [6.07, 6.45) is 0.212. The number of carbonyl (C=O) groups is 1. The number of benzene rings is 2. The Morgan fingerprint density at radius 3 is 2.30 bits per heavy atom. The molecule has 0 aliphatic heterocycles. The van der Waals surface area contributed by atoms with Crippen molar-refractivity contribution in [1.29, 1.82) is 0 Å². The molecule has 0 amide bonds. The maximum absolute atomic E-state index is 12.4. The molecule has 0 aliphatic rings. The number of ether oxygens (including phenoxy) is 1. The first-order valence-electron chi connectivity index (χ1n) is 6.82. The van der Waals surface area contributed by atoms with E-state index in [2.05, 4.69) is 20.7 Å². The molecule has 0 bridgehead atoms. The highest BCUT2D eigenvalue weighted by atomic mass is 79.9. The van der Waals surface area contributed by atoms with Gasteiger partial charge < -0.3 is 4.74 Å². The number of methoxy groups -OCH3 is 1. The third kappa shape index (κ3) is 4.89. The monoisotopic (exact) mass is 397 g/mol. The number of halogens is 1. The average Bonchev–Trinajstić information content (AvgIpc) is 2.54. The van der Waals surface area contributed by atoms with E-state index >= 15 is 0 Å². The molecule has 0 radical (unpaired) electrons. The fraction of sp³-hybridized carbons (Fsp3) is 0.188. The fourth-order valence-electron chi connectivity index (χ4n) is 2.03. The van der Waals surface area contributed by atoms with Gasteiger partial charge in [-0.1, -0.05) is 46.3 Å². The van der Waals surface area contributed by atoms with Crippen LogP contribution < -0.4 is 4.72 Å². The van der Waals surface area contributed by atoms with Crippen molar-refractivity contribution in [3.63, 3.8) is 0 Å². The number of rotatable bonds is 6. The van der Waals surface area contributed by atoms with Crippen molar-refractivity contribution in [3.8, 4) is 0 Å². The van der Waals surface area contributed by atoms with Crippen LogP contribution in [0.1, 0.15) is 5.56 Å². The quantitative estimate of drug-likeness (QED) is 0.760. The summed E-state index contributed by atoms with van der Waals surface area (Å²) in [5.41, 5.74) is 0.835. The van der Waals surface area contributed by atoms with Crippen molar-refractivity contribution in [2.75, 3.05) is 7.11 Å². The van der Waals surface area contributed by atoms with Crippen molar-refractivity contribution in [2.24, 2.45) is 0 Å². The van der Waals surface area contributed by atoms with Crippen molar-refractivity contribution in [3.05, 3.63) is 64.6 Å². The van der Waals surface area contributed by atoms with E-state index in [1.807, 2.05) is 30.3 Å². The van der Waals surface area contributed by atoms with E-state index in [-0.39, 0.29) is 11.3 Å². The SMILES string of the molecule is COC(=O)C(Cc1ccccc1)NS(=O)(=O)c1ccc(Br)cc1. The zero-order valence-corrected chi connectivity index (χ0v) is 14.8. The van der Waals surface area contributed by atoms with Crippen LogP contribution in [-0.4, -0.2) is 27.5 Å². The normalized spacial score (nSPS) is 12.6. The Labute approximate surface area is 143 Å². The van der Waals surface area contributed by atoms with Crippen LogP contribution in [0, 0.1) is 0 Å². The van der Waals surface area contributed by atoms with Crippen LogP contribution in [0.25, 0.3) is 0 Å². The van der Waals surface area contributed by atoms with Gasteiger partial charge in [-0.2, -0.15) is 4.72 Å². The maximum atomic E-state index is 12.4. The van der Waals surface area contributed by atoms with Gasteiger partial charge in [-0.05, 0) is 36.2 Å². The molecule has 0 aliphatic carbocycles. The summed E-state index contributed by atoms with van der Waals surface area (Å²) in [7, 11) is -2.59. The Morgan fingerprint density at radius 2 is 1.74 bits per heavy atom. The summed E-state index contributed by atoms with van der Waals surface area (Å²) in [6, 6.07) is 14.3. The minimum atomic E-state index is -3.82. The Kier molecular flexibility index (Phi) is 5.92. The molecule has 2 rings (SSSR count). The first-order chi connectivity index (χ1) is 10.9. The van der Waals surface area contributed by atoms with Crippen molar-refractivity contribution in [1.82, 2.24) is 4.72 Å². The lowest BCUT2D eigenvalue weighted by atomic mass is 10.1. The van der Waals surface area contributed by atoms with Crippen LogP contribution in [0.4, 0.5) is 0 Å². The second-order valence-electron chi connectivity index (χ2n) is 4.84. The Hall–Kier alpha value is -1.70. The Bertz CT molecular complexity index is 760.